The van der Waals surface area contributed by atoms with Crippen LogP contribution in [0, 0.1) is 11.6 Å². The topological polar surface area (TPSA) is 32.3 Å². The first-order chi connectivity index (χ1) is 10.1. The van der Waals surface area contributed by atoms with Crippen LogP contribution in [0.4, 0.5) is 8.78 Å². The number of halogens is 2. The largest absolute Gasteiger partial charge is 0.388 e. The van der Waals surface area contributed by atoms with E-state index in [1.54, 1.807) is 6.07 Å². The molecule has 2 N–H and O–H groups in total. The Balaban J connectivity index is 1.84. The Morgan fingerprint density at radius 2 is 1.76 bits per heavy atom. The predicted octanol–water partition coefficient (Wildman–Crippen LogP) is 3.57. The Hall–Kier alpha value is -1.78. The van der Waals surface area contributed by atoms with Crippen molar-refractivity contribution in [2.75, 3.05) is 0 Å². The molecule has 0 spiro atoms. The van der Waals surface area contributed by atoms with E-state index in [-0.39, 0.29) is 6.04 Å². The zero-order valence-electron chi connectivity index (χ0n) is 11.9. The molecule has 0 fully saturated rings. The van der Waals surface area contributed by atoms with Crippen LogP contribution in [0.3, 0.4) is 0 Å². The normalized spacial score (nSPS) is 13.9. The molecule has 112 valence electrons. The summed E-state index contributed by atoms with van der Waals surface area (Å²) >= 11 is 0. The average Bonchev–Trinajstić information content (AvgIpc) is 2.49. The van der Waals surface area contributed by atoms with Crippen molar-refractivity contribution in [2.24, 2.45) is 0 Å². The second kappa shape index (κ2) is 7.29. The Labute approximate surface area is 123 Å². The molecule has 0 radical (unpaired) electrons. The zero-order chi connectivity index (χ0) is 15.2. The Kier molecular flexibility index (Phi) is 5.42. The number of hydrogen-bond acceptors (Lipinski definition) is 2. The molecule has 0 aliphatic carbocycles. The van der Waals surface area contributed by atoms with Gasteiger partial charge in [0.05, 0.1) is 6.10 Å². The third kappa shape index (κ3) is 4.62. The predicted molar refractivity (Wildman–Crippen MR) is 78.7 cm³/mol. The van der Waals surface area contributed by atoms with Gasteiger partial charge in [0, 0.05) is 12.6 Å². The van der Waals surface area contributed by atoms with Crippen molar-refractivity contribution in [3.8, 4) is 0 Å². The standard InChI is InChI=1S/C17H19F2NO/c1-12(9-17(21)14-5-3-2-4-6-14)20-11-13-7-8-15(18)16(19)10-13/h2-8,10,12,17,20-21H,9,11H2,1H3. The van der Waals surface area contributed by atoms with E-state index < -0.39 is 17.7 Å². The third-order valence-electron chi connectivity index (χ3n) is 3.40. The minimum atomic E-state index is -0.841. The van der Waals surface area contributed by atoms with Gasteiger partial charge in [-0.1, -0.05) is 36.4 Å². The molecule has 0 amide bonds. The van der Waals surface area contributed by atoms with Gasteiger partial charge >= 0.3 is 0 Å². The second-order valence-corrected chi connectivity index (χ2v) is 5.19. The smallest absolute Gasteiger partial charge is 0.159 e. The molecule has 0 aliphatic heterocycles. The average molecular weight is 291 g/mol. The fraction of sp³-hybridized carbons (Fsp3) is 0.294. The van der Waals surface area contributed by atoms with E-state index in [4.69, 9.17) is 0 Å². The molecule has 0 aliphatic rings. The van der Waals surface area contributed by atoms with Gasteiger partial charge in [0.2, 0.25) is 0 Å². The van der Waals surface area contributed by atoms with Gasteiger partial charge < -0.3 is 10.4 Å². The SMILES string of the molecule is CC(CC(O)c1ccccc1)NCc1ccc(F)c(F)c1. The first-order valence-electron chi connectivity index (χ1n) is 6.96. The lowest BCUT2D eigenvalue weighted by molar-refractivity contribution is 0.154. The van der Waals surface area contributed by atoms with E-state index in [0.717, 1.165) is 11.6 Å². The molecular weight excluding hydrogens is 272 g/mol. The van der Waals surface area contributed by atoms with Gasteiger partial charge in [-0.25, -0.2) is 8.78 Å². The molecule has 0 heterocycles. The first-order valence-corrected chi connectivity index (χ1v) is 6.96. The van der Waals surface area contributed by atoms with Crippen LogP contribution in [0.5, 0.6) is 0 Å². The summed E-state index contributed by atoms with van der Waals surface area (Å²) in [5.74, 6) is -1.68. The van der Waals surface area contributed by atoms with Gasteiger partial charge in [-0.05, 0) is 36.6 Å². The maximum absolute atomic E-state index is 13.1. The van der Waals surface area contributed by atoms with Crippen molar-refractivity contribution in [3.05, 3.63) is 71.3 Å². The van der Waals surface area contributed by atoms with Crippen molar-refractivity contribution < 1.29 is 13.9 Å². The summed E-state index contributed by atoms with van der Waals surface area (Å²) in [6.07, 6.45) is 0.00638. The first kappa shape index (κ1) is 15.6. The summed E-state index contributed by atoms with van der Waals surface area (Å²) in [7, 11) is 0. The Morgan fingerprint density at radius 1 is 1.05 bits per heavy atom. The molecule has 0 bridgehead atoms. The van der Waals surface area contributed by atoms with Crippen molar-refractivity contribution in [3.63, 3.8) is 0 Å². The molecular formula is C17H19F2NO. The number of nitrogens with one attached hydrogen (secondary N) is 1. The number of hydrogen-bond donors (Lipinski definition) is 2. The molecule has 2 aromatic carbocycles. The van der Waals surface area contributed by atoms with Crippen molar-refractivity contribution in [1.29, 1.82) is 0 Å². The lowest BCUT2D eigenvalue weighted by atomic mass is 10.0. The highest BCUT2D eigenvalue weighted by molar-refractivity contribution is 5.18. The molecule has 2 nitrogen and oxygen atoms in total. The quantitative estimate of drug-likeness (QED) is 0.853. The van der Waals surface area contributed by atoms with Gasteiger partial charge in [-0.15, -0.1) is 0 Å². The summed E-state index contributed by atoms with van der Waals surface area (Å²) in [4.78, 5) is 0. The fourth-order valence-corrected chi connectivity index (χ4v) is 2.17. The minimum Gasteiger partial charge on any atom is -0.388 e. The Bertz CT molecular complexity index is 574. The van der Waals surface area contributed by atoms with Gasteiger partial charge in [0.25, 0.3) is 0 Å². The van der Waals surface area contributed by atoms with E-state index in [1.807, 2.05) is 37.3 Å². The highest BCUT2D eigenvalue weighted by Crippen LogP contribution is 2.18. The molecule has 2 aromatic rings. The van der Waals surface area contributed by atoms with Crippen molar-refractivity contribution >= 4 is 0 Å². The summed E-state index contributed by atoms with van der Waals surface area (Å²) in [6.45, 7) is 2.38. The van der Waals surface area contributed by atoms with Crippen molar-refractivity contribution in [2.45, 2.75) is 32.0 Å². The molecule has 21 heavy (non-hydrogen) atoms. The molecule has 2 atom stereocenters. The molecule has 4 heteroatoms. The van der Waals surface area contributed by atoms with Crippen LogP contribution in [0.2, 0.25) is 0 Å². The summed E-state index contributed by atoms with van der Waals surface area (Å²) in [5.41, 5.74) is 1.55. The van der Waals surface area contributed by atoms with Crippen LogP contribution in [0.1, 0.15) is 30.6 Å². The van der Waals surface area contributed by atoms with Crippen LogP contribution >= 0.6 is 0 Å². The van der Waals surface area contributed by atoms with Crippen LogP contribution in [-0.4, -0.2) is 11.1 Å². The van der Waals surface area contributed by atoms with E-state index in [1.165, 1.54) is 6.07 Å². The lowest BCUT2D eigenvalue weighted by Crippen LogP contribution is -2.27. The Morgan fingerprint density at radius 3 is 2.43 bits per heavy atom. The number of aliphatic hydroxyl groups excluding tert-OH is 1. The van der Waals surface area contributed by atoms with Gasteiger partial charge in [0.1, 0.15) is 0 Å². The number of benzene rings is 2. The minimum absolute atomic E-state index is 0.0494. The monoisotopic (exact) mass is 291 g/mol. The van der Waals surface area contributed by atoms with Crippen LogP contribution < -0.4 is 5.32 Å². The number of aliphatic hydroxyl groups is 1. The maximum Gasteiger partial charge on any atom is 0.159 e. The zero-order valence-corrected chi connectivity index (χ0v) is 11.9. The summed E-state index contributed by atoms with van der Waals surface area (Å²) < 4.78 is 25.9. The lowest BCUT2D eigenvalue weighted by Gasteiger charge is -2.18. The van der Waals surface area contributed by atoms with Crippen molar-refractivity contribution in [1.82, 2.24) is 5.32 Å². The highest BCUT2D eigenvalue weighted by atomic mass is 19.2. The second-order valence-electron chi connectivity index (χ2n) is 5.19. The van der Waals surface area contributed by atoms with Crippen LogP contribution in [0.25, 0.3) is 0 Å². The molecule has 0 saturated carbocycles. The number of rotatable bonds is 6. The van der Waals surface area contributed by atoms with Gasteiger partial charge in [-0.2, -0.15) is 0 Å². The van der Waals surface area contributed by atoms with Crippen LogP contribution in [-0.2, 0) is 6.54 Å². The molecule has 0 saturated heterocycles. The van der Waals surface area contributed by atoms with Gasteiger partial charge in [-0.3, -0.25) is 0 Å². The van der Waals surface area contributed by atoms with E-state index in [0.29, 0.717) is 18.5 Å². The highest BCUT2D eigenvalue weighted by Gasteiger charge is 2.12. The van der Waals surface area contributed by atoms with E-state index in [9.17, 15) is 13.9 Å². The molecule has 0 aromatic heterocycles. The van der Waals surface area contributed by atoms with Crippen LogP contribution in [0.15, 0.2) is 48.5 Å². The third-order valence-corrected chi connectivity index (χ3v) is 3.40. The molecule has 2 rings (SSSR count). The van der Waals surface area contributed by atoms with E-state index >= 15 is 0 Å². The summed E-state index contributed by atoms with van der Waals surface area (Å²) in [6, 6.07) is 13.3. The molecule has 2 unspecified atom stereocenters. The van der Waals surface area contributed by atoms with Gasteiger partial charge in [0.15, 0.2) is 11.6 Å². The maximum atomic E-state index is 13.1. The summed E-state index contributed by atoms with van der Waals surface area (Å²) in [5, 5.41) is 13.3. The fourth-order valence-electron chi connectivity index (χ4n) is 2.17. The van der Waals surface area contributed by atoms with E-state index in [2.05, 4.69) is 5.32 Å².